The average Bonchev–Trinajstić information content (AvgIpc) is 3.02. The molecule has 1 aliphatic heterocycles. The van der Waals surface area contributed by atoms with Gasteiger partial charge in [0.1, 0.15) is 17.4 Å². The van der Waals surface area contributed by atoms with Crippen LogP contribution >= 0.6 is 0 Å². The minimum Gasteiger partial charge on any atom is -0.497 e. The molecule has 0 saturated carbocycles. The summed E-state index contributed by atoms with van der Waals surface area (Å²) < 4.78 is 31.8. The molecule has 1 saturated heterocycles. The zero-order valence-electron chi connectivity index (χ0n) is 18.3. The van der Waals surface area contributed by atoms with Crippen LogP contribution in [0, 0.1) is 11.6 Å². The number of halogens is 2. The number of hydrogen-bond donors (Lipinski definition) is 1. The van der Waals surface area contributed by atoms with Crippen molar-refractivity contribution in [3.63, 3.8) is 0 Å². The first-order valence-electron chi connectivity index (χ1n) is 10.8. The van der Waals surface area contributed by atoms with Crippen LogP contribution in [0.2, 0.25) is 0 Å². The number of hydrogen-bond acceptors (Lipinski definition) is 4. The maximum absolute atomic E-state index is 13.7. The Kier molecular flexibility index (Phi) is 8.56. The lowest BCUT2D eigenvalue weighted by molar-refractivity contribution is -0.131. The first-order chi connectivity index (χ1) is 15.5. The Bertz CT molecular complexity index is 921. The number of nitrogens with one attached hydrogen (secondary N) is 1. The summed E-state index contributed by atoms with van der Waals surface area (Å²) in [6, 6.07) is 10.8. The Hall–Kier alpha value is -3.00. The Labute approximate surface area is 187 Å². The van der Waals surface area contributed by atoms with E-state index in [1.807, 2.05) is 17.0 Å². The van der Waals surface area contributed by atoms with E-state index in [1.165, 1.54) is 5.56 Å². The fourth-order valence-corrected chi connectivity index (χ4v) is 3.74. The van der Waals surface area contributed by atoms with Crippen LogP contribution in [0.5, 0.6) is 5.75 Å². The molecule has 1 N–H and O–H groups in total. The average molecular weight is 446 g/mol. The van der Waals surface area contributed by atoms with Crippen molar-refractivity contribution >= 4 is 11.8 Å². The van der Waals surface area contributed by atoms with Crippen LogP contribution in [-0.4, -0.2) is 61.4 Å². The second-order valence-electron chi connectivity index (χ2n) is 7.84. The molecule has 1 aliphatic rings. The standard InChI is InChI=1S/C24H29F2N3O3/c1-32-20-8-5-18(6-9-20)17-28-12-3-13-29(15-14-28)23(30)4-2-11-27-24(31)21-10-7-19(25)16-22(21)26/h5-10,16H,2-4,11-15,17H2,1H3,(H,27,31). The van der Waals surface area contributed by atoms with Crippen LogP contribution in [-0.2, 0) is 11.3 Å². The summed E-state index contributed by atoms with van der Waals surface area (Å²) in [5.74, 6) is -1.36. The molecule has 6 nitrogen and oxygen atoms in total. The molecule has 1 fully saturated rings. The van der Waals surface area contributed by atoms with Crippen molar-refractivity contribution in [3.05, 3.63) is 65.2 Å². The predicted molar refractivity (Wildman–Crippen MR) is 117 cm³/mol. The van der Waals surface area contributed by atoms with E-state index in [0.717, 1.165) is 43.9 Å². The summed E-state index contributed by atoms with van der Waals surface area (Å²) in [6.07, 6.45) is 1.67. The van der Waals surface area contributed by atoms with E-state index in [2.05, 4.69) is 22.3 Å². The third-order valence-corrected chi connectivity index (χ3v) is 5.54. The number of carbonyl (C=O) groups excluding carboxylic acids is 2. The summed E-state index contributed by atoms with van der Waals surface area (Å²) in [7, 11) is 1.65. The molecule has 0 unspecified atom stereocenters. The number of amides is 2. The molecule has 1 heterocycles. The van der Waals surface area contributed by atoms with Crippen molar-refractivity contribution in [2.24, 2.45) is 0 Å². The molecule has 8 heteroatoms. The SMILES string of the molecule is COc1ccc(CN2CCCN(C(=O)CCCNC(=O)c3ccc(F)cc3F)CC2)cc1. The molecule has 0 atom stereocenters. The van der Waals surface area contributed by atoms with E-state index < -0.39 is 17.5 Å². The van der Waals surface area contributed by atoms with Gasteiger partial charge in [-0.15, -0.1) is 0 Å². The number of nitrogens with zero attached hydrogens (tertiary/aromatic N) is 2. The molecule has 32 heavy (non-hydrogen) atoms. The van der Waals surface area contributed by atoms with Gasteiger partial charge >= 0.3 is 0 Å². The number of rotatable bonds is 8. The van der Waals surface area contributed by atoms with Gasteiger partial charge in [0.25, 0.3) is 5.91 Å². The Morgan fingerprint density at radius 3 is 2.53 bits per heavy atom. The minimum atomic E-state index is -0.901. The molecule has 0 aliphatic carbocycles. The zero-order chi connectivity index (χ0) is 22.9. The lowest BCUT2D eigenvalue weighted by Crippen LogP contribution is -2.35. The second kappa shape index (κ2) is 11.6. The fraction of sp³-hybridized carbons (Fsp3) is 0.417. The van der Waals surface area contributed by atoms with Crippen LogP contribution < -0.4 is 10.1 Å². The van der Waals surface area contributed by atoms with Gasteiger partial charge in [-0.3, -0.25) is 14.5 Å². The van der Waals surface area contributed by atoms with Gasteiger partial charge in [-0.1, -0.05) is 12.1 Å². The van der Waals surface area contributed by atoms with E-state index in [1.54, 1.807) is 7.11 Å². The Balaban J connectivity index is 1.38. The molecule has 0 radical (unpaired) electrons. The first-order valence-corrected chi connectivity index (χ1v) is 10.8. The van der Waals surface area contributed by atoms with Crippen molar-refractivity contribution in [1.82, 2.24) is 15.1 Å². The van der Waals surface area contributed by atoms with Gasteiger partial charge in [0.15, 0.2) is 0 Å². The van der Waals surface area contributed by atoms with Gasteiger partial charge in [0.05, 0.1) is 12.7 Å². The van der Waals surface area contributed by atoms with Gasteiger partial charge in [-0.25, -0.2) is 8.78 Å². The van der Waals surface area contributed by atoms with Crippen LogP contribution in [0.4, 0.5) is 8.78 Å². The highest BCUT2D eigenvalue weighted by Gasteiger charge is 2.19. The monoisotopic (exact) mass is 445 g/mol. The van der Waals surface area contributed by atoms with E-state index in [4.69, 9.17) is 4.74 Å². The molecule has 0 spiro atoms. The largest absolute Gasteiger partial charge is 0.497 e. The normalized spacial score (nSPS) is 14.7. The van der Waals surface area contributed by atoms with Crippen LogP contribution in [0.1, 0.15) is 35.2 Å². The highest BCUT2D eigenvalue weighted by Crippen LogP contribution is 2.15. The Morgan fingerprint density at radius 2 is 1.81 bits per heavy atom. The van der Waals surface area contributed by atoms with Gasteiger partial charge in [0, 0.05) is 51.8 Å². The van der Waals surface area contributed by atoms with E-state index in [9.17, 15) is 18.4 Å². The molecule has 0 aromatic heterocycles. The maximum Gasteiger partial charge on any atom is 0.254 e. The third-order valence-electron chi connectivity index (χ3n) is 5.54. The molecule has 172 valence electrons. The van der Waals surface area contributed by atoms with Crippen molar-refractivity contribution in [2.75, 3.05) is 39.8 Å². The van der Waals surface area contributed by atoms with Gasteiger partial charge in [-0.05, 0) is 42.7 Å². The summed E-state index contributed by atoms with van der Waals surface area (Å²) in [6.45, 7) is 4.19. The summed E-state index contributed by atoms with van der Waals surface area (Å²) >= 11 is 0. The van der Waals surface area contributed by atoms with E-state index in [-0.39, 0.29) is 18.0 Å². The van der Waals surface area contributed by atoms with Crippen molar-refractivity contribution in [2.45, 2.75) is 25.8 Å². The highest BCUT2D eigenvalue weighted by atomic mass is 19.1. The van der Waals surface area contributed by atoms with Crippen molar-refractivity contribution in [3.8, 4) is 5.75 Å². The molecule has 3 rings (SSSR count). The minimum absolute atomic E-state index is 0.0542. The van der Waals surface area contributed by atoms with Crippen molar-refractivity contribution in [1.29, 1.82) is 0 Å². The van der Waals surface area contributed by atoms with Crippen LogP contribution in [0.25, 0.3) is 0 Å². The van der Waals surface area contributed by atoms with E-state index in [0.29, 0.717) is 32.0 Å². The second-order valence-corrected chi connectivity index (χ2v) is 7.84. The van der Waals surface area contributed by atoms with Gasteiger partial charge < -0.3 is 15.0 Å². The number of carbonyl (C=O) groups is 2. The van der Waals surface area contributed by atoms with E-state index >= 15 is 0 Å². The lowest BCUT2D eigenvalue weighted by Gasteiger charge is -2.22. The number of ether oxygens (including phenoxy) is 1. The predicted octanol–water partition coefficient (Wildman–Crippen LogP) is 3.22. The summed E-state index contributed by atoms with van der Waals surface area (Å²) in [5, 5.41) is 2.58. The molecule has 2 aromatic carbocycles. The smallest absolute Gasteiger partial charge is 0.254 e. The topological polar surface area (TPSA) is 61.9 Å². The summed E-state index contributed by atoms with van der Waals surface area (Å²) in [4.78, 5) is 28.8. The third kappa shape index (κ3) is 6.75. The molecule has 2 amide bonds. The van der Waals surface area contributed by atoms with Crippen LogP contribution in [0.15, 0.2) is 42.5 Å². The Morgan fingerprint density at radius 1 is 1.03 bits per heavy atom. The molecular formula is C24H29F2N3O3. The van der Waals surface area contributed by atoms with Crippen LogP contribution in [0.3, 0.4) is 0 Å². The van der Waals surface area contributed by atoms with Gasteiger partial charge in [0.2, 0.25) is 5.91 Å². The number of methoxy groups -OCH3 is 1. The van der Waals surface area contributed by atoms with Gasteiger partial charge in [-0.2, -0.15) is 0 Å². The highest BCUT2D eigenvalue weighted by molar-refractivity contribution is 5.94. The fourth-order valence-electron chi connectivity index (χ4n) is 3.74. The number of benzene rings is 2. The molecule has 0 bridgehead atoms. The molecule has 2 aromatic rings. The quantitative estimate of drug-likeness (QED) is 0.634. The lowest BCUT2D eigenvalue weighted by atomic mass is 10.2. The molecular weight excluding hydrogens is 416 g/mol. The maximum atomic E-state index is 13.7. The van der Waals surface area contributed by atoms with Crippen molar-refractivity contribution < 1.29 is 23.1 Å². The summed E-state index contributed by atoms with van der Waals surface area (Å²) in [5.41, 5.74) is 1.00. The zero-order valence-corrected chi connectivity index (χ0v) is 18.3. The first kappa shape index (κ1) is 23.7.